The van der Waals surface area contributed by atoms with E-state index in [9.17, 15) is 14.0 Å². The van der Waals surface area contributed by atoms with E-state index in [1.165, 1.54) is 22.3 Å². The molecule has 0 aliphatic rings. The molecule has 0 unspecified atom stereocenters. The summed E-state index contributed by atoms with van der Waals surface area (Å²) in [5.74, 6) is -1.41. The molecule has 0 saturated heterocycles. The van der Waals surface area contributed by atoms with Gasteiger partial charge >= 0.3 is 0 Å². The highest BCUT2D eigenvalue weighted by atomic mass is 79.9. The summed E-state index contributed by atoms with van der Waals surface area (Å²) >= 11 is 4.38. The number of hydrogen-bond donors (Lipinski definition) is 2. The summed E-state index contributed by atoms with van der Waals surface area (Å²) in [5.41, 5.74) is 5.78. The third-order valence-corrected chi connectivity index (χ3v) is 4.21. The number of benzene rings is 1. The van der Waals surface area contributed by atoms with Crippen LogP contribution in [0.2, 0.25) is 0 Å². The van der Waals surface area contributed by atoms with Gasteiger partial charge in [-0.15, -0.1) is 11.3 Å². The van der Waals surface area contributed by atoms with Crippen molar-refractivity contribution in [3.8, 4) is 0 Å². The van der Waals surface area contributed by atoms with Gasteiger partial charge in [0.15, 0.2) is 0 Å². The van der Waals surface area contributed by atoms with E-state index in [1.807, 2.05) is 0 Å². The van der Waals surface area contributed by atoms with Gasteiger partial charge < -0.3 is 16.0 Å². The Morgan fingerprint density at radius 2 is 2.14 bits per heavy atom. The van der Waals surface area contributed by atoms with E-state index in [0.29, 0.717) is 15.2 Å². The van der Waals surface area contributed by atoms with E-state index in [-0.39, 0.29) is 18.0 Å². The molecule has 0 bridgehead atoms. The molecule has 116 valence electrons. The highest BCUT2D eigenvalue weighted by Crippen LogP contribution is 2.24. The molecule has 0 spiro atoms. The molecular formula is C14H13BrFN3O2S. The second-order valence-corrected chi connectivity index (χ2v) is 6.36. The number of carbonyl (C=O) groups is 2. The lowest BCUT2D eigenvalue weighted by Gasteiger charge is -2.19. The molecule has 2 aromatic rings. The predicted octanol–water partition coefficient (Wildman–Crippen LogP) is 2.82. The highest BCUT2D eigenvalue weighted by molar-refractivity contribution is 9.10. The first kappa shape index (κ1) is 16.4. The van der Waals surface area contributed by atoms with Gasteiger partial charge in [-0.1, -0.05) is 15.9 Å². The minimum absolute atomic E-state index is 0.0609. The third kappa shape index (κ3) is 3.83. The number of carbonyl (C=O) groups excluding carboxylic acids is 2. The Kier molecular flexibility index (Phi) is 5.15. The van der Waals surface area contributed by atoms with Gasteiger partial charge in [0.05, 0.1) is 17.8 Å². The second kappa shape index (κ2) is 6.89. The highest BCUT2D eigenvalue weighted by Gasteiger charge is 2.15. The Morgan fingerprint density at radius 3 is 2.77 bits per heavy atom. The van der Waals surface area contributed by atoms with Crippen molar-refractivity contribution in [1.29, 1.82) is 0 Å². The lowest BCUT2D eigenvalue weighted by atomic mass is 10.2. The zero-order chi connectivity index (χ0) is 16.3. The number of thiophene rings is 1. The number of amides is 2. The topological polar surface area (TPSA) is 75.4 Å². The molecule has 0 atom stereocenters. The molecular weight excluding hydrogens is 373 g/mol. The van der Waals surface area contributed by atoms with Gasteiger partial charge in [-0.05, 0) is 29.6 Å². The summed E-state index contributed by atoms with van der Waals surface area (Å²) in [6.45, 7) is -0.0609. The molecule has 2 rings (SSSR count). The fourth-order valence-corrected chi connectivity index (χ4v) is 3.00. The number of halogens is 2. The maximum absolute atomic E-state index is 13.8. The molecule has 5 nitrogen and oxygen atoms in total. The van der Waals surface area contributed by atoms with Crippen molar-refractivity contribution < 1.29 is 14.0 Å². The summed E-state index contributed by atoms with van der Waals surface area (Å²) in [5, 5.41) is 4.66. The van der Waals surface area contributed by atoms with E-state index in [0.717, 1.165) is 0 Å². The zero-order valence-corrected chi connectivity index (χ0v) is 14.0. The Balaban J connectivity index is 2.05. The fourth-order valence-electron chi connectivity index (χ4n) is 1.86. The first-order valence-corrected chi connectivity index (χ1v) is 7.89. The number of rotatable bonds is 5. The summed E-state index contributed by atoms with van der Waals surface area (Å²) < 4.78 is 14.5. The predicted molar refractivity (Wildman–Crippen MR) is 88.8 cm³/mol. The van der Waals surface area contributed by atoms with Crippen LogP contribution in [0.5, 0.6) is 0 Å². The Labute approximate surface area is 139 Å². The zero-order valence-electron chi connectivity index (χ0n) is 11.6. The minimum Gasteiger partial charge on any atom is -0.366 e. The maximum Gasteiger partial charge on any atom is 0.251 e. The van der Waals surface area contributed by atoms with Crippen LogP contribution in [0.25, 0.3) is 0 Å². The first-order valence-electron chi connectivity index (χ1n) is 6.22. The fraction of sp³-hybridized carbons (Fsp3) is 0.143. The van der Waals surface area contributed by atoms with Crippen molar-refractivity contribution in [3.05, 3.63) is 45.5 Å². The molecule has 22 heavy (non-hydrogen) atoms. The van der Waals surface area contributed by atoms with Gasteiger partial charge in [0.25, 0.3) is 5.91 Å². The molecule has 3 N–H and O–H groups in total. The van der Waals surface area contributed by atoms with E-state index in [4.69, 9.17) is 5.73 Å². The Hall–Kier alpha value is -1.93. The van der Waals surface area contributed by atoms with Crippen molar-refractivity contribution in [2.45, 2.75) is 0 Å². The van der Waals surface area contributed by atoms with Crippen LogP contribution in [0, 0.1) is 5.82 Å². The van der Waals surface area contributed by atoms with Gasteiger partial charge in [-0.25, -0.2) is 4.39 Å². The number of likely N-dealkylation sites (N-methyl/N-ethyl adjacent to an activating group) is 1. The van der Waals surface area contributed by atoms with Crippen molar-refractivity contribution in [3.63, 3.8) is 0 Å². The minimum atomic E-state index is -0.608. The van der Waals surface area contributed by atoms with Crippen molar-refractivity contribution >= 4 is 49.8 Å². The summed E-state index contributed by atoms with van der Waals surface area (Å²) in [4.78, 5) is 24.7. The first-order chi connectivity index (χ1) is 10.4. The van der Waals surface area contributed by atoms with Crippen LogP contribution < -0.4 is 16.0 Å². The number of hydrogen-bond acceptors (Lipinski definition) is 4. The molecule has 1 aromatic heterocycles. The van der Waals surface area contributed by atoms with Crippen LogP contribution in [0.15, 0.2) is 34.1 Å². The van der Waals surface area contributed by atoms with Crippen LogP contribution in [0.1, 0.15) is 10.4 Å². The SMILES string of the molecule is CN(CC(=O)Nc1sccc1C(N)=O)c1ccc(Br)cc1F. The molecule has 1 heterocycles. The monoisotopic (exact) mass is 385 g/mol. The lowest BCUT2D eigenvalue weighted by molar-refractivity contribution is -0.114. The molecule has 0 saturated carbocycles. The van der Waals surface area contributed by atoms with Gasteiger partial charge in [0.2, 0.25) is 5.91 Å². The van der Waals surface area contributed by atoms with Crippen molar-refractivity contribution in [1.82, 2.24) is 0 Å². The largest absolute Gasteiger partial charge is 0.366 e. The standard InChI is InChI=1S/C14H13BrFN3O2S/c1-19(11-3-2-8(15)6-10(11)16)7-12(20)18-14-9(13(17)21)4-5-22-14/h2-6H,7H2,1H3,(H2,17,21)(H,18,20). The average molecular weight is 386 g/mol. The number of nitrogens with one attached hydrogen (secondary N) is 1. The van der Waals surface area contributed by atoms with Gasteiger partial charge in [-0.3, -0.25) is 9.59 Å². The molecule has 0 radical (unpaired) electrons. The normalized spacial score (nSPS) is 10.3. The van der Waals surface area contributed by atoms with Crippen LogP contribution in [0.3, 0.4) is 0 Å². The molecule has 2 amide bonds. The van der Waals surface area contributed by atoms with Crippen LogP contribution >= 0.6 is 27.3 Å². The summed E-state index contributed by atoms with van der Waals surface area (Å²) in [7, 11) is 1.61. The second-order valence-electron chi connectivity index (χ2n) is 4.53. The third-order valence-electron chi connectivity index (χ3n) is 2.89. The van der Waals surface area contributed by atoms with E-state index in [1.54, 1.807) is 30.6 Å². The van der Waals surface area contributed by atoms with Crippen LogP contribution in [0.4, 0.5) is 15.1 Å². The Bertz CT molecular complexity index is 720. The maximum atomic E-state index is 13.8. The average Bonchev–Trinajstić information content (AvgIpc) is 2.86. The van der Waals surface area contributed by atoms with Gasteiger partial charge in [0.1, 0.15) is 10.8 Å². The lowest BCUT2D eigenvalue weighted by Crippen LogP contribution is -2.31. The van der Waals surface area contributed by atoms with Gasteiger partial charge in [0, 0.05) is 11.5 Å². The Morgan fingerprint density at radius 1 is 1.41 bits per heavy atom. The van der Waals surface area contributed by atoms with E-state index < -0.39 is 11.7 Å². The number of anilines is 2. The van der Waals surface area contributed by atoms with Crippen LogP contribution in [-0.2, 0) is 4.79 Å². The number of nitrogens with zero attached hydrogens (tertiary/aromatic N) is 1. The molecule has 1 aromatic carbocycles. The number of nitrogens with two attached hydrogens (primary N) is 1. The van der Waals surface area contributed by atoms with Crippen molar-refractivity contribution in [2.24, 2.45) is 5.73 Å². The smallest absolute Gasteiger partial charge is 0.251 e. The van der Waals surface area contributed by atoms with Crippen molar-refractivity contribution in [2.75, 3.05) is 23.8 Å². The molecule has 8 heteroatoms. The van der Waals surface area contributed by atoms with E-state index >= 15 is 0 Å². The number of primary amides is 1. The van der Waals surface area contributed by atoms with E-state index in [2.05, 4.69) is 21.2 Å². The molecule has 0 aliphatic carbocycles. The molecule has 0 fully saturated rings. The summed E-state index contributed by atoms with van der Waals surface area (Å²) in [6.07, 6.45) is 0. The van der Waals surface area contributed by atoms with Gasteiger partial charge in [-0.2, -0.15) is 0 Å². The summed E-state index contributed by atoms with van der Waals surface area (Å²) in [6, 6.07) is 6.14. The molecule has 0 aliphatic heterocycles. The quantitative estimate of drug-likeness (QED) is 0.830. The van der Waals surface area contributed by atoms with Crippen LogP contribution in [-0.4, -0.2) is 25.4 Å².